The first-order valence-corrected chi connectivity index (χ1v) is 8.49. The lowest BCUT2D eigenvalue weighted by Gasteiger charge is -2.33. The molecule has 1 atom stereocenters. The third-order valence-corrected chi connectivity index (χ3v) is 4.49. The first-order valence-electron chi connectivity index (χ1n) is 8.49. The van der Waals surface area contributed by atoms with Crippen molar-refractivity contribution in [1.29, 1.82) is 0 Å². The normalized spacial score (nSPS) is 16.3. The molecule has 8 nitrogen and oxygen atoms in total. The molecule has 3 aromatic heterocycles. The van der Waals surface area contributed by atoms with Crippen LogP contribution in [0.25, 0.3) is 0 Å². The maximum Gasteiger partial charge on any atom is 0.230 e. The van der Waals surface area contributed by atoms with E-state index >= 15 is 0 Å². The highest BCUT2D eigenvalue weighted by Crippen LogP contribution is 2.25. The van der Waals surface area contributed by atoms with E-state index in [-0.39, 0.29) is 18.4 Å². The van der Waals surface area contributed by atoms with Crippen LogP contribution in [0, 0.1) is 0 Å². The number of carbonyl (C=O) groups excluding carboxylic acids is 1. The van der Waals surface area contributed by atoms with Crippen molar-refractivity contribution < 1.29 is 13.9 Å². The van der Waals surface area contributed by atoms with Crippen molar-refractivity contribution in [3.05, 3.63) is 60.3 Å². The smallest absolute Gasteiger partial charge is 0.230 e. The summed E-state index contributed by atoms with van der Waals surface area (Å²) in [4.78, 5) is 18.4. The highest BCUT2D eigenvalue weighted by atomic mass is 16.5. The number of pyridine rings is 1. The molecule has 0 aromatic carbocycles. The van der Waals surface area contributed by atoms with Gasteiger partial charge in [-0.1, -0.05) is 0 Å². The van der Waals surface area contributed by atoms with Gasteiger partial charge < -0.3 is 18.6 Å². The molecule has 0 saturated heterocycles. The molecule has 4 rings (SSSR count). The van der Waals surface area contributed by atoms with Gasteiger partial charge in [-0.25, -0.2) is 0 Å². The Morgan fingerprint density at radius 3 is 3.00 bits per heavy atom. The number of hydrogen-bond donors (Lipinski definition) is 0. The lowest BCUT2D eigenvalue weighted by Crippen LogP contribution is -2.42. The summed E-state index contributed by atoms with van der Waals surface area (Å²) in [5.74, 6) is 2.89. The van der Waals surface area contributed by atoms with Crippen LogP contribution in [-0.2, 0) is 24.4 Å². The van der Waals surface area contributed by atoms with E-state index in [1.54, 1.807) is 24.7 Å². The zero-order valence-corrected chi connectivity index (χ0v) is 14.4. The summed E-state index contributed by atoms with van der Waals surface area (Å²) >= 11 is 0. The van der Waals surface area contributed by atoms with Gasteiger partial charge in [-0.3, -0.25) is 9.78 Å². The topological polar surface area (TPSA) is 86.3 Å². The monoisotopic (exact) mass is 353 g/mol. The summed E-state index contributed by atoms with van der Waals surface area (Å²) in [5.41, 5.74) is 0. The molecular weight excluding hydrogens is 334 g/mol. The Labute approximate surface area is 150 Å². The van der Waals surface area contributed by atoms with Crippen LogP contribution in [-0.4, -0.2) is 37.1 Å². The Bertz CT molecular complexity index is 876. The van der Waals surface area contributed by atoms with Gasteiger partial charge >= 0.3 is 0 Å². The van der Waals surface area contributed by atoms with Crippen LogP contribution in [0.2, 0.25) is 0 Å². The van der Waals surface area contributed by atoms with Crippen molar-refractivity contribution in [3.8, 4) is 5.75 Å². The highest BCUT2D eigenvalue weighted by molar-refractivity contribution is 5.78. The summed E-state index contributed by atoms with van der Waals surface area (Å²) in [6.07, 6.45) is 5.18. The van der Waals surface area contributed by atoms with Crippen LogP contribution >= 0.6 is 0 Å². The molecule has 0 bridgehead atoms. The van der Waals surface area contributed by atoms with E-state index in [2.05, 4.69) is 15.2 Å². The summed E-state index contributed by atoms with van der Waals surface area (Å²) in [6.45, 7) is 3.52. The summed E-state index contributed by atoms with van der Waals surface area (Å²) in [5, 5.41) is 8.52. The number of amides is 1. The van der Waals surface area contributed by atoms with Crippen LogP contribution in [0.1, 0.15) is 30.4 Å². The third-order valence-electron chi connectivity index (χ3n) is 4.49. The standard InChI is InChI=1S/C18H19N5O3/c1-13-18-21-20-16(12-26-15-4-2-6-19-11-15)23(18)8-7-22(13)17(24)10-14-5-3-9-25-14/h2-6,9,11,13H,7-8,10,12H2,1H3/t13-/m0/s1. The van der Waals surface area contributed by atoms with E-state index in [4.69, 9.17) is 9.15 Å². The van der Waals surface area contributed by atoms with Crippen molar-refractivity contribution >= 4 is 5.91 Å². The quantitative estimate of drug-likeness (QED) is 0.697. The maximum absolute atomic E-state index is 12.6. The predicted octanol–water partition coefficient (Wildman–Crippen LogP) is 1.99. The first kappa shape index (κ1) is 16.3. The lowest BCUT2D eigenvalue weighted by atomic mass is 10.1. The van der Waals surface area contributed by atoms with Gasteiger partial charge in [0.2, 0.25) is 5.91 Å². The van der Waals surface area contributed by atoms with Crippen molar-refractivity contribution in [3.63, 3.8) is 0 Å². The summed E-state index contributed by atoms with van der Waals surface area (Å²) in [7, 11) is 0. The third kappa shape index (κ3) is 3.17. The molecule has 0 N–H and O–H groups in total. The van der Waals surface area contributed by atoms with Crippen molar-refractivity contribution in [1.82, 2.24) is 24.6 Å². The van der Waals surface area contributed by atoms with Crippen molar-refractivity contribution in [2.75, 3.05) is 6.54 Å². The van der Waals surface area contributed by atoms with Crippen LogP contribution < -0.4 is 4.74 Å². The second-order valence-corrected chi connectivity index (χ2v) is 6.12. The molecule has 3 aromatic rings. The fraction of sp³-hybridized carbons (Fsp3) is 0.333. The molecule has 134 valence electrons. The van der Waals surface area contributed by atoms with Gasteiger partial charge in [0.25, 0.3) is 0 Å². The molecule has 1 aliphatic rings. The number of carbonyl (C=O) groups is 1. The van der Waals surface area contributed by atoms with E-state index < -0.39 is 0 Å². The Morgan fingerprint density at radius 1 is 1.31 bits per heavy atom. The minimum Gasteiger partial charge on any atom is -0.484 e. The summed E-state index contributed by atoms with van der Waals surface area (Å²) < 4.78 is 13.0. The van der Waals surface area contributed by atoms with E-state index in [1.807, 2.05) is 34.6 Å². The minimum absolute atomic E-state index is 0.0230. The van der Waals surface area contributed by atoms with Gasteiger partial charge in [-0.15, -0.1) is 10.2 Å². The van der Waals surface area contributed by atoms with Crippen LogP contribution in [0.5, 0.6) is 5.75 Å². The molecule has 0 fully saturated rings. The van der Waals surface area contributed by atoms with E-state index in [0.29, 0.717) is 31.2 Å². The molecule has 0 saturated carbocycles. The van der Waals surface area contributed by atoms with E-state index in [1.165, 1.54) is 0 Å². The summed E-state index contributed by atoms with van der Waals surface area (Å²) in [6, 6.07) is 7.11. The Balaban J connectivity index is 1.45. The highest BCUT2D eigenvalue weighted by Gasteiger charge is 2.31. The van der Waals surface area contributed by atoms with Gasteiger partial charge in [-0.05, 0) is 31.2 Å². The van der Waals surface area contributed by atoms with Crippen molar-refractivity contribution in [2.24, 2.45) is 0 Å². The van der Waals surface area contributed by atoms with E-state index in [0.717, 1.165) is 11.6 Å². The average Bonchev–Trinajstić information content (AvgIpc) is 3.31. The Kier molecular flexibility index (Phi) is 4.39. The number of nitrogens with zero attached hydrogens (tertiary/aromatic N) is 5. The minimum atomic E-state index is -0.147. The second kappa shape index (κ2) is 6.99. The van der Waals surface area contributed by atoms with Crippen LogP contribution in [0.4, 0.5) is 0 Å². The Hall–Kier alpha value is -3.16. The number of fused-ring (bicyclic) bond motifs is 1. The predicted molar refractivity (Wildman–Crippen MR) is 91.1 cm³/mol. The average molecular weight is 353 g/mol. The second-order valence-electron chi connectivity index (χ2n) is 6.12. The van der Waals surface area contributed by atoms with Gasteiger partial charge in [0, 0.05) is 19.3 Å². The number of ether oxygens (including phenoxy) is 1. The molecule has 0 aliphatic carbocycles. The molecule has 26 heavy (non-hydrogen) atoms. The largest absolute Gasteiger partial charge is 0.484 e. The van der Waals surface area contributed by atoms with Crippen LogP contribution in [0.15, 0.2) is 47.3 Å². The zero-order valence-electron chi connectivity index (χ0n) is 14.4. The maximum atomic E-state index is 12.6. The molecular formula is C18H19N5O3. The van der Waals surface area contributed by atoms with Crippen LogP contribution in [0.3, 0.4) is 0 Å². The molecule has 1 aliphatic heterocycles. The molecule has 0 unspecified atom stereocenters. The van der Waals surface area contributed by atoms with Gasteiger partial charge in [0.05, 0.1) is 24.9 Å². The number of hydrogen-bond acceptors (Lipinski definition) is 6. The molecule has 0 radical (unpaired) electrons. The molecule has 8 heteroatoms. The lowest BCUT2D eigenvalue weighted by molar-refractivity contribution is -0.134. The number of furan rings is 1. The fourth-order valence-electron chi connectivity index (χ4n) is 3.13. The molecule has 1 amide bonds. The zero-order chi connectivity index (χ0) is 17.9. The fourth-order valence-corrected chi connectivity index (χ4v) is 3.13. The number of rotatable bonds is 5. The van der Waals surface area contributed by atoms with Gasteiger partial charge in [-0.2, -0.15) is 0 Å². The first-order chi connectivity index (χ1) is 12.7. The van der Waals surface area contributed by atoms with Crippen molar-refractivity contribution in [2.45, 2.75) is 32.5 Å². The SMILES string of the molecule is C[C@H]1c2nnc(COc3cccnc3)n2CCN1C(=O)Cc1ccco1. The van der Waals surface area contributed by atoms with E-state index in [9.17, 15) is 4.79 Å². The molecule has 0 spiro atoms. The van der Waals surface area contributed by atoms with Gasteiger partial charge in [0.15, 0.2) is 11.6 Å². The number of aromatic nitrogens is 4. The van der Waals surface area contributed by atoms with Gasteiger partial charge in [0.1, 0.15) is 18.1 Å². The molecule has 4 heterocycles. The Morgan fingerprint density at radius 2 is 2.23 bits per heavy atom.